The molecule has 3 heteroatoms. The van der Waals surface area contributed by atoms with E-state index in [4.69, 9.17) is 9.72 Å². The Morgan fingerprint density at radius 3 is 2.64 bits per heavy atom. The van der Waals surface area contributed by atoms with Crippen LogP contribution in [0, 0.1) is 11.3 Å². The van der Waals surface area contributed by atoms with Crippen molar-refractivity contribution in [3.63, 3.8) is 0 Å². The molecule has 1 saturated heterocycles. The molecule has 1 aliphatic carbocycles. The van der Waals surface area contributed by atoms with Crippen LogP contribution in [-0.2, 0) is 23.2 Å². The molecule has 0 N–H and O–H groups in total. The number of nitriles is 1. The molecule has 1 aromatic carbocycles. The summed E-state index contributed by atoms with van der Waals surface area (Å²) in [5, 5.41) is 10.1. The topological polar surface area (TPSA) is 45.9 Å². The lowest BCUT2D eigenvalue weighted by Crippen LogP contribution is -2.28. The van der Waals surface area contributed by atoms with Crippen molar-refractivity contribution in [3.8, 4) is 17.2 Å². The number of pyridine rings is 1. The van der Waals surface area contributed by atoms with Gasteiger partial charge in [0, 0.05) is 17.9 Å². The van der Waals surface area contributed by atoms with E-state index in [1.807, 2.05) is 18.2 Å². The Kier molecular flexibility index (Phi) is 4.31. The highest BCUT2D eigenvalue weighted by atomic mass is 16.5. The van der Waals surface area contributed by atoms with Crippen LogP contribution in [0.4, 0.5) is 0 Å². The molecule has 2 aliphatic rings. The van der Waals surface area contributed by atoms with E-state index in [0.717, 1.165) is 61.1 Å². The molecule has 1 unspecified atom stereocenters. The van der Waals surface area contributed by atoms with Gasteiger partial charge in [-0.25, -0.2) is 0 Å². The fraction of sp³-hybridized carbons (Fsp3) is 0.455. The van der Waals surface area contributed by atoms with Gasteiger partial charge in [0.1, 0.15) is 11.7 Å². The van der Waals surface area contributed by atoms with Crippen molar-refractivity contribution in [2.24, 2.45) is 0 Å². The minimum atomic E-state index is -0.388. The predicted octanol–water partition coefficient (Wildman–Crippen LogP) is 4.91. The molecule has 1 atom stereocenters. The van der Waals surface area contributed by atoms with Gasteiger partial charge in [0.25, 0.3) is 0 Å². The second-order valence-corrected chi connectivity index (χ2v) is 7.12. The van der Waals surface area contributed by atoms with Gasteiger partial charge in [0.05, 0.1) is 11.3 Å². The minimum Gasteiger partial charge on any atom is -0.369 e. The van der Waals surface area contributed by atoms with E-state index in [2.05, 4.69) is 25.1 Å². The van der Waals surface area contributed by atoms with Gasteiger partial charge in [0.2, 0.25) is 0 Å². The standard InChI is InChI=1S/C22H24N2O/c1-2-22(13-8-14-25-22)21-18(15-23)20(16-9-4-3-5-10-16)17-11-6-7-12-19(17)24-21/h3-5,9-10H,2,6-8,11-14H2,1H3. The molecule has 2 heterocycles. The highest BCUT2D eigenvalue weighted by Gasteiger charge is 2.40. The van der Waals surface area contributed by atoms with Crippen LogP contribution in [-0.4, -0.2) is 11.6 Å². The summed E-state index contributed by atoms with van der Waals surface area (Å²) in [6.07, 6.45) is 7.24. The molecule has 2 aromatic rings. The normalized spacial score (nSPS) is 22.4. The first-order chi connectivity index (χ1) is 12.3. The summed E-state index contributed by atoms with van der Waals surface area (Å²) in [5.74, 6) is 0. The second-order valence-electron chi connectivity index (χ2n) is 7.12. The molecule has 3 nitrogen and oxygen atoms in total. The smallest absolute Gasteiger partial charge is 0.111 e. The molecule has 4 rings (SSSR count). The maximum absolute atomic E-state index is 10.1. The van der Waals surface area contributed by atoms with Crippen molar-refractivity contribution in [3.05, 3.63) is 52.8 Å². The molecule has 1 aliphatic heterocycles. The van der Waals surface area contributed by atoms with Crippen LogP contribution in [0.3, 0.4) is 0 Å². The van der Waals surface area contributed by atoms with Gasteiger partial charge in [-0.05, 0) is 56.1 Å². The van der Waals surface area contributed by atoms with Crippen molar-refractivity contribution in [2.45, 2.75) is 57.5 Å². The number of fused-ring (bicyclic) bond motifs is 1. The van der Waals surface area contributed by atoms with E-state index in [1.165, 1.54) is 24.1 Å². The van der Waals surface area contributed by atoms with Crippen LogP contribution in [0.1, 0.15) is 61.5 Å². The predicted molar refractivity (Wildman–Crippen MR) is 98.2 cm³/mol. The summed E-state index contributed by atoms with van der Waals surface area (Å²) in [7, 11) is 0. The third-order valence-electron chi connectivity index (χ3n) is 5.75. The molecule has 1 aromatic heterocycles. The Morgan fingerprint density at radius 2 is 1.96 bits per heavy atom. The van der Waals surface area contributed by atoms with E-state index in [0.29, 0.717) is 0 Å². The van der Waals surface area contributed by atoms with E-state index < -0.39 is 0 Å². The fourth-order valence-electron chi connectivity index (χ4n) is 4.43. The zero-order valence-corrected chi connectivity index (χ0v) is 14.8. The van der Waals surface area contributed by atoms with Gasteiger partial charge in [0.15, 0.2) is 0 Å². The zero-order valence-electron chi connectivity index (χ0n) is 14.8. The SMILES string of the molecule is CCC1(c2nc3c(c(-c4ccccc4)c2C#N)CCCC3)CCCO1. The molecule has 25 heavy (non-hydrogen) atoms. The number of aromatic nitrogens is 1. The minimum absolute atomic E-state index is 0.388. The van der Waals surface area contributed by atoms with Crippen molar-refractivity contribution in [2.75, 3.05) is 6.61 Å². The number of ether oxygens (including phenoxy) is 1. The van der Waals surface area contributed by atoms with E-state index in [9.17, 15) is 5.26 Å². The first kappa shape index (κ1) is 16.3. The third kappa shape index (κ3) is 2.65. The number of benzene rings is 1. The molecule has 0 spiro atoms. The molecule has 0 amide bonds. The maximum Gasteiger partial charge on any atom is 0.111 e. The maximum atomic E-state index is 10.1. The van der Waals surface area contributed by atoms with Gasteiger partial charge in [-0.2, -0.15) is 5.26 Å². The summed E-state index contributed by atoms with van der Waals surface area (Å²) in [6.45, 7) is 2.91. The van der Waals surface area contributed by atoms with Gasteiger partial charge in [-0.3, -0.25) is 4.98 Å². The zero-order chi connectivity index (χ0) is 17.3. The lowest BCUT2D eigenvalue weighted by molar-refractivity contribution is -0.00706. The highest BCUT2D eigenvalue weighted by Crippen LogP contribution is 2.44. The van der Waals surface area contributed by atoms with Crippen LogP contribution in [0.25, 0.3) is 11.1 Å². The summed E-state index contributed by atoms with van der Waals surface area (Å²) in [4.78, 5) is 5.05. The van der Waals surface area contributed by atoms with E-state index in [-0.39, 0.29) is 5.60 Å². The van der Waals surface area contributed by atoms with Crippen molar-refractivity contribution in [1.29, 1.82) is 5.26 Å². The van der Waals surface area contributed by atoms with Gasteiger partial charge in [-0.1, -0.05) is 37.3 Å². The van der Waals surface area contributed by atoms with Gasteiger partial charge >= 0.3 is 0 Å². The summed E-state index contributed by atoms with van der Waals surface area (Å²) in [6, 6.07) is 12.9. The van der Waals surface area contributed by atoms with Crippen molar-refractivity contribution in [1.82, 2.24) is 4.98 Å². The molecule has 128 valence electrons. The molecule has 0 saturated carbocycles. The summed E-state index contributed by atoms with van der Waals surface area (Å²) >= 11 is 0. The fourth-order valence-corrected chi connectivity index (χ4v) is 4.43. The lowest BCUT2D eigenvalue weighted by Gasteiger charge is -2.31. The van der Waals surface area contributed by atoms with Crippen LogP contribution >= 0.6 is 0 Å². The van der Waals surface area contributed by atoms with E-state index >= 15 is 0 Å². The number of nitrogens with zero attached hydrogens (tertiary/aromatic N) is 2. The lowest BCUT2D eigenvalue weighted by atomic mass is 9.81. The Balaban J connectivity index is 2.02. The van der Waals surface area contributed by atoms with Gasteiger partial charge < -0.3 is 4.74 Å². The van der Waals surface area contributed by atoms with E-state index in [1.54, 1.807) is 0 Å². The Morgan fingerprint density at radius 1 is 1.16 bits per heavy atom. The Hall–Kier alpha value is -2.18. The van der Waals surface area contributed by atoms with Crippen molar-refractivity contribution >= 4 is 0 Å². The Bertz CT molecular complexity index is 814. The third-order valence-corrected chi connectivity index (χ3v) is 5.75. The average Bonchev–Trinajstić information content (AvgIpc) is 3.17. The number of rotatable bonds is 3. The second kappa shape index (κ2) is 6.61. The Labute approximate surface area is 149 Å². The number of hydrogen-bond donors (Lipinski definition) is 0. The number of aryl methyl sites for hydroxylation is 1. The van der Waals surface area contributed by atoms with Gasteiger partial charge in [-0.15, -0.1) is 0 Å². The van der Waals surface area contributed by atoms with Crippen molar-refractivity contribution < 1.29 is 4.74 Å². The molecule has 1 fully saturated rings. The molecule has 0 bridgehead atoms. The average molecular weight is 332 g/mol. The number of hydrogen-bond acceptors (Lipinski definition) is 3. The summed E-state index contributed by atoms with van der Waals surface area (Å²) in [5.41, 5.74) is 5.92. The van der Waals surface area contributed by atoms with Crippen LogP contribution < -0.4 is 0 Å². The molecular formula is C22H24N2O. The largest absolute Gasteiger partial charge is 0.369 e. The summed E-state index contributed by atoms with van der Waals surface area (Å²) < 4.78 is 6.19. The van der Waals surface area contributed by atoms with Crippen LogP contribution in [0.2, 0.25) is 0 Å². The van der Waals surface area contributed by atoms with Crippen LogP contribution in [0.5, 0.6) is 0 Å². The monoisotopic (exact) mass is 332 g/mol. The van der Waals surface area contributed by atoms with Crippen LogP contribution in [0.15, 0.2) is 30.3 Å². The highest BCUT2D eigenvalue weighted by molar-refractivity contribution is 5.76. The molecular weight excluding hydrogens is 308 g/mol. The quantitative estimate of drug-likeness (QED) is 0.802. The first-order valence-corrected chi connectivity index (χ1v) is 9.45. The molecule has 0 radical (unpaired) electrons. The first-order valence-electron chi connectivity index (χ1n) is 9.45.